The van der Waals surface area contributed by atoms with Crippen molar-refractivity contribution in [2.45, 2.75) is 53.7 Å². The van der Waals surface area contributed by atoms with Crippen LogP contribution in [0.1, 0.15) is 47.1 Å². The predicted octanol–water partition coefficient (Wildman–Crippen LogP) is 3.99. The lowest BCUT2D eigenvalue weighted by atomic mass is 9.97. The molecule has 0 bridgehead atoms. The summed E-state index contributed by atoms with van der Waals surface area (Å²) in [6.45, 7) is 12.2. The summed E-state index contributed by atoms with van der Waals surface area (Å²) < 4.78 is 5.27. The Morgan fingerprint density at radius 1 is 1.05 bits per heavy atom. The lowest BCUT2D eigenvalue weighted by Gasteiger charge is -2.22. The monoisotopic (exact) mass is 263 g/mol. The van der Waals surface area contributed by atoms with E-state index in [1.54, 1.807) is 0 Å². The van der Waals surface area contributed by atoms with E-state index in [0.717, 1.165) is 11.3 Å². The summed E-state index contributed by atoms with van der Waals surface area (Å²) in [5.41, 5.74) is 1.66. The van der Waals surface area contributed by atoms with Crippen molar-refractivity contribution in [1.82, 2.24) is 0 Å². The van der Waals surface area contributed by atoms with Crippen molar-refractivity contribution in [3.8, 4) is 0 Å². The van der Waals surface area contributed by atoms with Crippen LogP contribution in [0.4, 0.5) is 5.69 Å². The van der Waals surface area contributed by atoms with Gasteiger partial charge in [-0.3, -0.25) is 4.79 Å². The number of ether oxygens (including phenoxy) is 1. The van der Waals surface area contributed by atoms with Gasteiger partial charge in [-0.15, -0.1) is 0 Å². The molecule has 0 saturated carbocycles. The molecule has 0 heterocycles. The second kappa shape index (κ2) is 5.64. The SMILES string of the molecule is CC(C)(C)Nc1ccc(COC(=O)C(C)(C)C)cc1. The average molecular weight is 263 g/mol. The molecule has 0 aliphatic rings. The zero-order chi connectivity index (χ0) is 14.7. The van der Waals surface area contributed by atoms with E-state index in [-0.39, 0.29) is 11.5 Å². The molecule has 0 atom stereocenters. The van der Waals surface area contributed by atoms with Crippen molar-refractivity contribution in [1.29, 1.82) is 0 Å². The maximum atomic E-state index is 11.7. The summed E-state index contributed by atoms with van der Waals surface area (Å²) in [5.74, 6) is -0.176. The molecule has 0 unspecified atom stereocenters. The van der Waals surface area contributed by atoms with E-state index in [9.17, 15) is 4.79 Å². The van der Waals surface area contributed by atoms with E-state index < -0.39 is 5.41 Å². The van der Waals surface area contributed by atoms with Crippen molar-refractivity contribution in [2.75, 3.05) is 5.32 Å². The number of hydrogen-bond acceptors (Lipinski definition) is 3. The zero-order valence-electron chi connectivity index (χ0n) is 12.8. The highest BCUT2D eigenvalue weighted by atomic mass is 16.5. The Morgan fingerprint density at radius 3 is 2.00 bits per heavy atom. The highest BCUT2D eigenvalue weighted by Gasteiger charge is 2.22. The van der Waals surface area contributed by atoms with Crippen LogP contribution in [-0.2, 0) is 16.1 Å². The van der Waals surface area contributed by atoms with E-state index in [1.165, 1.54) is 0 Å². The van der Waals surface area contributed by atoms with E-state index >= 15 is 0 Å². The van der Waals surface area contributed by atoms with Gasteiger partial charge in [0.25, 0.3) is 0 Å². The maximum absolute atomic E-state index is 11.7. The van der Waals surface area contributed by atoms with Crippen molar-refractivity contribution >= 4 is 11.7 Å². The molecule has 0 amide bonds. The van der Waals surface area contributed by atoms with Crippen LogP contribution in [0.25, 0.3) is 0 Å². The Morgan fingerprint density at radius 2 is 1.58 bits per heavy atom. The largest absolute Gasteiger partial charge is 0.460 e. The molecule has 3 nitrogen and oxygen atoms in total. The smallest absolute Gasteiger partial charge is 0.311 e. The number of anilines is 1. The zero-order valence-corrected chi connectivity index (χ0v) is 12.8. The van der Waals surface area contributed by atoms with Gasteiger partial charge in [0.2, 0.25) is 0 Å². The summed E-state index contributed by atoms with van der Waals surface area (Å²) in [6.07, 6.45) is 0. The van der Waals surface area contributed by atoms with Crippen LogP contribution in [-0.4, -0.2) is 11.5 Å². The molecule has 0 saturated heterocycles. The first-order valence-electron chi connectivity index (χ1n) is 6.62. The van der Waals surface area contributed by atoms with Crippen molar-refractivity contribution in [3.05, 3.63) is 29.8 Å². The standard InChI is InChI=1S/C16H25NO2/c1-15(2,3)14(18)19-11-12-7-9-13(10-8-12)17-16(4,5)6/h7-10,17H,11H2,1-6H3. The lowest BCUT2D eigenvalue weighted by molar-refractivity contribution is -0.154. The molecule has 0 radical (unpaired) electrons. The number of hydrogen-bond donors (Lipinski definition) is 1. The molecule has 0 spiro atoms. The highest BCUT2D eigenvalue weighted by molar-refractivity contribution is 5.75. The molecule has 0 aromatic heterocycles. The van der Waals surface area contributed by atoms with E-state index in [2.05, 4.69) is 26.1 Å². The van der Waals surface area contributed by atoms with Gasteiger partial charge in [0.05, 0.1) is 5.41 Å². The lowest BCUT2D eigenvalue weighted by Crippen LogP contribution is -2.26. The molecule has 106 valence electrons. The number of nitrogens with one attached hydrogen (secondary N) is 1. The van der Waals surface area contributed by atoms with Crippen LogP contribution in [0.3, 0.4) is 0 Å². The number of rotatable bonds is 3. The first-order valence-corrected chi connectivity index (χ1v) is 6.62. The van der Waals surface area contributed by atoms with Gasteiger partial charge in [0.15, 0.2) is 0 Å². The molecule has 3 heteroatoms. The van der Waals surface area contributed by atoms with Gasteiger partial charge in [-0.1, -0.05) is 12.1 Å². The van der Waals surface area contributed by atoms with Crippen molar-refractivity contribution in [2.24, 2.45) is 5.41 Å². The van der Waals surface area contributed by atoms with E-state index in [4.69, 9.17) is 4.74 Å². The minimum atomic E-state index is -0.451. The van der Waals surface area contributed by atoms with Crippen LogP contribution >= 0.6 is 0 Å². The number of esters is 1. The fraction of sp³-hybridized carbons (Fsp3) is 0.562. The van der Waals surface area contributed by atoms with Gasteiger partial charge in [0, 0.05) is 11.2 Å². The maximum Gasteiger partial charge on any atom is 0.311 e. The Balaban J connectivity index is 2.56. The Hall–Kier alpha value is -1.51. The number of carbonyl (C=O) groups excluding carboxylic acids is 1. The van der Waals surface area contributed by atoms with Crippen LogP contribution in [0.15, 0.2) is 24.3 Å². The molecule has 0 aliphatic carbocycles. The Labute approximate surface area is 116 Å². The van der Waals surface area contributed by atoms with Gasteiger partial charge < -0.3 is 10.1 Å². The third-order valence-corrected chi connectivity index (χ3v) is 2.46. The summed E-state index contributed by atoms with van der Waals surface area (Å²) in [4.78, 5) is 11.7. The first kappa shape index (κ1) is 15.5. The van der Waals surface area contributed by atoms with Gasteiger partial charge in [-0.25, -0.2) is 0 Å². The van der Waals surface area contributed by atoms with Gasteiger partial charge in [0.1, 0.15) is 6.61 Å². The Bertz CT molecular complexity index is 422. The predicted molar refractivity (Wildman–Crippen MR) is 79.1 cm³/mol. The average Bonchev–Trinajstić information content (AvgIpc) is 2.24. The fourth-order valence-corrected chi connectivity index (χ4v) is 1.48. The van der Waals surface area contributed by atoms with Gasteiger partial charge in [-0.05, 0) is 59.2 Å². The van der Waals surface area contributed by atoms with Crippen molar-refractivity contribution in [3.63, 3.8) is 0 Å². The second-order valence-corrected chi connectivity index (χ2v) is 6.90. The van der Waals surface area contributed by atoms with Crippen molar-refractivity contribution < 1.29 is 9.53 Å². The molecule has 0 aliphatic heterocycles. The van der Waals surface area contributed by atoms with E-state index in [0.29, 0.717) is 6.61 Å². The summed E-state index contributed by atoms with van der Waals surface area (Å²) in [5, 5.41) is 3.39. The van der Waals surface area contributed by atoms with Gasteiger partial charge >= 0.3 is 5.97 Å². The normalized spacial score (nSPS) is 12.1. The third-order valence-electron chi connectivity index (χ3n) is 2.46. The second-order valence-electron chi connectivity index (χ2n) is 6.90. The highest BCUT2D eigenvalue weighted by Crippen LogP contribution is 2.18. The van der Waals surface area contributed by atoms with Crippen LogP contribution in [0.2, 0.25) is 0 Å². The minimum absolute atomic E-state index is 0.0419. The Kier molecular flexibility index (Phi) is 4.61. The minimum Gasteiger partial charge on any atom is -0.460 e. The fourth-order valence-electron chi connectivity index (χ4n) is 1.48. The topological polar surface area (TPSA) is 38.3 Å². The molecule has 19 heavy (non-hydrogen) atoms. The molecule has 1 rings (SSSR count). The number of carbonyl (C=O) groups is 1. The molecule has 0 fully saturated rings. The molecule has 1 aromatic rings. The molecular weight excluding hydrogens is 238 g/mol. The molecular formula is C16H25NO2. The van der Waals surface area contributed by atoms with Crippen LogP contribution in [0, 0.1) is 5.41 Å². The summed E-state index contributed by atoms with van der Waals surface area (Å²) in [6, 6.07) is 7.96. The summed E-state index contributed by atoms with van der Waals surface area (Å²) >= 11 is 0. The quantitative estimate of drug-likeness (QED) is 0.838. The van der Waals surface area contributed by atoms with E-state index in [1.807, 2.05) is 45.0 Å². The first-order chi connectivity index (χ1) is 8.58. The van der Waals surface area contributed by atoms with Gasteiger partial charge in [-0.2, -0.15) is 0 Å². The molecule has 1 aromatic carbocycles. The number of benzene rings is 1. The molecule has 1 N–H and O–H groups in total. The third kappa shape index (κ3) is 5.77. The summed E-state index contributed by atoms with van der Waals surface area (Å²) in [7, 11) is 0. The van der Waals surface area contributed by atoms with Crippen LogP contribution < -0.4 is 5.32 Å². The van der Waals surface area contributed by atoms with Crippen LogP contribution in [0.5, 0.6) is 0 Å².